The monoisotopic (exact) mass is 427 g/mol. The van der Waals surface area contributed by atoms with Crippen molar-refractivity contribution in [2.45, 2.75) is 25.8 Å². The van der Waals surface area contributed by atoms with Gasteiger partial charge in [-0.25, -0.2) is 9.97 Å². The molecule has 9 heteroatoms. The van der Waals surface area contributed by atoms with Crippen molar-refractivity contribution < 1.29 is 9.15 Å². The quantitative estimate of drug-likeness (QED) is 0.473. The highest BCUT2D eigenvalue weighted by atomic mass is 16.5. The molecule has 1 saturated heterocycles. The molecule has 5 rings (SSSR count). The van der Waals surface area contributed by atoms with Gasteiger partial charge in [-0.3, -0.25) is 4.98 Å². The van der Waals surface area contributed by atoms with Crippen LogP contribution >= 0.6 is 0 Å². The average Bonchev–Trinajstić information content (AvgIpc) is 3.46. The van der Waals surface area contributed by atoms with Crippen LogP contribution in [0, 0.1) is 18.3 Å². The van der Waals surface area contributed by atoms with Crippen molar-refractivity contribution in [3.05, 3.63) is 54.3 Å². The molecule has 1 aliphatic rings. The number of benzene rings is 1. The van der Waals surface area contributed by atoms with Crippen molar-refractivity contribution in [1.29, 1.82) is 5.26 Å². The molecule has 1 atom stereocenters. The molecular formula is C23H21N7O2. The topological polar surface area (TPSA) is 122 Å². The largest absolute Gasteiger partial charge is 0.441 e. The average molecular weight is 427 g/mol. The van der Waals surface area contributed by atoms with E-state index < -0.39 is 0 Å². The minimum Gasteiger partial charge on any atom is -0.441 e. The van der Waals surface area contributed by atoms with Crippen LogP contribution in [-0.2, 0) is 0 Å². The van der Waals surface area contributed by atoms with Crippen LogP contribution in [0.5, 0.6) is 11.6 Å². The van der Waals surface area contributed by atoms with Gasteiger partial charge in [-0.2, -0.15) is 10.2 Å². The van der Waals surface area contributed by atoms with Crippen LogP contribution in [0.2, 0.25) is 0 Å². The van der Waals surface area contributed by atoms with Crippen LogP contribution < -0.4 is 15.4 Å². The number of rotatable bonds is 6. The third kappa shape index (κ3) is 4.22. The molecule has 1 aromatic carbocycles. The molecule has 0 unspecified atom stereocenters. The van der Waals surface area contributed by atoms with E-state index in [1.165, 1.54) is 12.6 Å². The normalized spacial score (nSPS) is 15.6. The van der Waals surface area contributed by atoms with Gasteiger partial charge in [0.25, 0.3) is 0 Å². The lowest BCUT2D eigenvalue weighted by atomic mass is 10.2. The molecular weight excluding hydrogens is 406 g/mol. The van der Waals surface area contributed by atoms with E-state index >= 15 is 0 Å². The Morgan fingerprint density at radius 2 is 2.19 bits per heavy atom. The molecule has 0 radical (unpaired) electrons. The number of hydrogen-bond acceptors (Lipinski definition) is 9. The number of hydrogen-bond donors (Lipinski definition) is 2. The number of aromatic nitrogens is 4. The van der Waals surface area contributed by atoms with Gasteiger partial charge in [0.2, 0.25) is 5.88 Å². The predicted octanol–water partition coefficient (Wildman–Crippen LogP) is 3.82. The second-order valence-corrected chi connectivity index (χ2v) is 7.63. The summed E-state index contributed by atoms with van der Waals surface area (Å²) in [5.41, 5.74) is 3.17. The molecule has 1 fully saturated rings. The van der Waals surface area contributed by atoms with Crippen LogP contribution in [0.15, 0.2) is 47.3 Å². The lowest BCUT2D eigenvalue weighted by Crippen LogP contribution is -2.29. The van der Waals surface area contributed by atoms with Gasteiger partial charge in [0, 0.05) is 43.5 Å². The van der Waals surface area contributed by atoms with Crippen LogP contribution in [0.4, 0.5) is 5.69 Å². The molecule has 0 amide bonds. The maximum atomic E-state index is 9.18. The van der Waals surface area contributed by atoms with Crippen molar-refractivity contribution in [3.63, 3.8) is 0 Å². The molecule has 3 aromatic heterocycles. The highest BCUT2D eigenvalue weighted by molar-refractivity contribution is 5.74. The summed E-state index contributed by atoms with van der Waals surface area (Å²) in [6.07, 6.45) is 7.11. The summed E-state index contributed by atoms with van der Waals surface area (Å²) in [6, 6.07) is 9.64. The van der Waals surface area contributed by atoms with Crippen LogP contribution in [-0.4, -0.2) is 39.1 Å². The number of fused-ring (bicyclic) bond motifs is 1. The number of nitrogens with zero attached hydrogens (tertiary/aromatic N) is 5. The second kappa shape index (κ2) is 8.61. The van der Waals surface area contributed by atoms with Crippen LogP contribution in [0.3, 0.4) is 0 Å². The van der Waals surface area contributed by atoms with Gasteiger partial charge in [0.15, 0.2) is 17.3 Å². The minimum absolute atomic E-state index is 0.381. The summed E-state index contributed by atoms with van der Waals surface area (Å²) >= 11 is 0. The summed E-state index contributed by atoms with van der Waals surface area (Å²) in [5.74, 6) is 1.97. The summed E-state index contributed by atoms with van der Waals surface area (Å²) in [7, 11) is 0. The standard InChI is InChI=1S/C23H21N7O2/c1-14-29-19-5-4-18(8-21(19)31-14)32-23-20(27-12-17-3-2-6-26-17)13-28-22(30-23)16-7-15(9-24)10-25-11-16/h4-5,7-8,10-11,13,17,26-27H,2-3,6,12H2,1H3/t17-/m0/s1. The lowest BCUT2D eigenvalue weighted by Gasteiger charge is -2.16. The van der Waals surface area contributed by atoms with E-state index in [0.717, 1.165) is 25.0 Å². The fourth-order valence-corrected chi connectivity index (χ4v) is 3.69. The Morgan fingerprint density at radius 3 is 3.03 bits per heavy atom. The first-order valence-corrected chi connectivity index (χ1v) is 10.4. The van der Waals surface area contributed by atoms with E-state index in [-0.39, 0.29) is 0 Å². The Bertz CT molecular complexity index is 1310. The predicted molar refractivity (Wildman–Crippen MR) is 118 cm³/mol. The first-order chi connectivity index (χ1) is 15.7. The summed E-state index contributed by atoms with van der Waals surface area (Å²) in [4.78, 5) is 17.5. The number of anilines is 1. The van der Waals surface area contributed by atoms with E-state index in [2.05, 4.69) is 36.6 Å². The van der Waals surface area contributed by atoms with E-state index in [0.29, 0.717) is 51.8 Å². The Hall–Kier alpha value is -4.03. The van der Waals surface area contributed by atoms with Crippen LogP contribution in [0.1, 0.15) is 24.3 Å². The van der Waals surface area contributed by atoms with Gasteiger partial charge in [-0.1, -0.05) is 0 Å². The molecule has 0 bridgehead atoms. The van der Waals surface area contributed by atoms with Gasteiger partial charge >= 0.3 is 0 Å². The van der Waals surface area contributed by atoms with E-state index in [1.54, 1.807) is 31.5 Å². The first-order valence-electron chi connectivity index (χ1n) is 10.4. The molecule has 0 spiro atoms. The smallest absolute Gasteiger partial charge is 0.246 e. The van der Waals surface area contributed by atoms with E-state index in [9.17, 15) is 5.26 Å². The molecule has 0 saturated carbocycles. The van der Waals surface area contributed by atoms with Crippen molar-refractivity contribution in [3.8, 4) is 29.1 Å². The number of aryl methyl sites for hydroxylation is 1. The molecule has 2 N–H and O–H groups in total. The van der Waals surface area contributed by atoms with E-state index in [4.69, 9.17) is 9.15 Å². The number of pyridine rings is 1. The van der Waals surface area contributed by atoms with Gasteiger partial charge in [-0.05, 0) is 37.6 Å². The summed E-state index contributed by atoms with van der Waals surface area (Å²) in [5, 5.41) is 16.0. The number of nitrogens with one attached hydrogen (secondary N) is 2. The van der Waals surface area contributed by atoms with Gasteiger partial charge in [0.05, 0.1) is 11.8 Å². The van der Waals surface area contributed by atoms with Gasteiger partial charge in [0.1, 0.15) is 23.0 Å². The van der Waals surface area contributed by atoms with Crippen molar-refractivity contribution in [2.24, 2.45) is 0 Å². The first kappa shape index (κ1) is 19.9. The Labute approximate surface area is 184 Å². The maximum absolute atomic E-state index is 9.18. The third-order valence-corrected chi connectivity index (χ3v) is 5.26. The second-order valence-electron chi connectivity index (χ2n) is 7.63. The Morgan fingerprint density at radius 1 is 1.25 bits per heavy atom. The fraction of sp³-hybridized carbons (Fsp3) is 0.261. The molecule has 1 aliphatic heterocycles. The number of oxazole rings is 1. The van der Waals surface area contributed by atoms with Crippen molar-refractivity contribution >= 4 is 16.8 Å². The van der Waals surface area contributed by atoms with Gasteiger partial charge < -0.3 is 19.8 Å². The van der Waals surface area contributed by atoms with E-state index in [1.807, 2.05) is 12.1 Å². The molecule has 4 aromatic rings. The number of nitriles is 1. The zero-order chi connectivity index (χ0) is 21.9. The van der Waals surface area contributed by atoms with Crippen molar-refractivity contribution in [1.82, 2.24) is 25.3 Å². The molecule has 160 valence electrons. The fourth-order valence-electron chi connectivity index (χ4n) is 3.69. The summed E-state index contributed by atoms with van der Waals surface area (Å²) in [6.45, 7) is 3.58. The van der Waals surface area contributed by atoms with Crippen molar-refractivity contribution in [2.75, 3.05) is 18.4 Å². The highest BCUT2D eigenvalue weighted by Crippen LogP contribution is 2.31. The zero-order valence-electron chi connectivity index (χ0n) is 17.5. The Balaban J connectivity index is 1.48. The zero-order valence-corrected chi connectivity index (χ0v) is 17.5. The lowest BCUT2D eigenvalue weighted by molar-refractivity contribution is 0.462. The molecule has 32 heavy (non-hydrogen) atoms. The molecule has 0 aliphatic carbocycles. The minimum atomic E-state index is 0.381. The maximum Gasteiger partial charge on any atom is 0.246 e. The molecule has 4 heterocycles. The number of ether oxygens (including phenoxy) is 1. The third-order valence-electron chi connectivity index (χ3n) is 5.26. The van der Waals surface area contributed by atoms with Crippen LogP contribution in [0.25, 0.3) is 22.5 Å². The Kier molecular flexibility index (Phi) is 5.35. The van der Waals surface area contributed by atoms with Gasteiger partial charge in [-0.15, -0.1) is 0 Å². The SMILES string of the molecule is Cc1nc2ccc(Oc3nc(-c4cncc(C#N)c4)ncc3NC[C@@H]3CCCN3)cc2o1. The summed E-state index contributed by atoms with van der Waals surface area (Å²) < 4.78 is 11.8. The molecule has 9 nitrogen and oxygen atoms in total. The highest BCUT2D eigenvalue weighted by Gasteiger charge is 2.17.